The molecule has 0 radical (unpaired) electrons. The van der Waals surface area contributed by atoms with E-state index in [1.54, 1.807) is 0 Å². The molecule has 0 aromatic heterocycles. The predicted molar refractivity (Wildman–Crippen MR) is 119 cm³/mol. The number of nitrogens with one attached hydrogen (secondary N) is 1. The highest BCUT2D eigenvalue weighted by Crippen LogP contribution is 2.38. The van der Waals surface area contributed by atoms with Gasteiger partial charge in [-0.2, -0.15) is 0 Å². The standard InChI is InChI=1S/C21H45N2O5P/c1-5-6-7-8-9-10-11-12-13-14-15-16-17-28-29(26,27)22-20(18-21(24)25)19-23(2,3)4/h20H,5-19H2,1-4H3,(H2-,22,24,25,26,27)/p+1/t20-/m1/s1. The molecular formula is C21H46N2O5P+. The molecule has 0 aliphatic rings. The number of hydrogen-bond acceptors (Lipinski definition) is 3. The fourth-order valence-corrected chi connectivity index (χ4v) is 4.51. The second-order valence-corrected chi connectivity index (χ2v) is 10.7. The van der Waals surface area contributed by atoms with Gasteiger partial charge in [0.25, 0.3) is 0 Å². The number of rotatable bonds is 20. The number of carboxylic acid groups (broad SMARTS) is 1. The van der Waals surface area contributed by atoms with Crippen LogP contribution >= 0.6 is 7.75 Å². The van der Waals surface area contributed by atoms with Crippen molar-refractivity contribution >= 4 is 13.7 Å². The molecule has 0 aliphatic heterocycles. The second-order valence-electron chi connectivity index (χ2n) is 9.14. The molecule has 0 fully saturated rings. The van der Waals surface area contributed by atoms with E-state index < -0.39 is 19.8 Å². The number of carbonyl (C=O) groups is 1. The average Bonchev–Trinajstić information content (AvgIpc) is 2.56. The summed E-state index contributed by atoms with van der Waals surface area (Å²) in [6, 6.07) is -0.620. The van der Waals surface area contributed by atoms with Crippen LogP contribution in [0.2, 0.25) is 0 Å². The van der Waals surface area contributed by atoms with E-state index >= 15 is 0 Å². The summed E-state index contributed by atoms with van der Waals surface area (Å²) in [5.41, 5.74) is 0. The third kappa shape index (κ3) is 20.6. The van der Waals surface area contributed by atoms with Crippen LogP contribution in [0.4, 0.5) is 0 Å². The van der Waals surface area contributed by atoms with Gasteiger partial charge in [-0.05, 0) is 6.42 Å². The van der Waals surface area contributed by atoms with Crippen molar-refractivity contribution in [2.75, 3.05) is 34.3 Å². The van der Waals surface area contributed by atoms with Crippen LogP contribution < -0.4 is 5.09 Å². The highest BCUT2D eigenvalue weighted by atomic mass is 31.2. The normalized spacial score (nSPS) is 15.2. The maximum absolute atomic E-state index is 12.2. The number of aliphatic carboxylic acids is 1. The average molecular weight is 438 g/mol. The van der Waals surface area contributed by atoms with E-state index in [1.807, 2.05) is 21.1 Å². The van der Waals surface area contributed by atoms with Gasteiger partial charge in [0.15, 0.2) is 0 Å². The summed E-state index contributed by atoms with van der Waals surface area (Å²) in [6.07, 6.45) is 14.4. The first kappa shape index (κ1) is 28.5. The van der Waals surface area contributed by atoms with Gasteiger partial charge < -0.3 is 14.5 Å². The molecule has 0 spiro atoms. The van der Waals surface area contributed by atoms with Crippen LogP contribution in [-0.2, 0) is 13.9 Å². The zero-order chi connectivity index (χ0) is 22.2. The molecule has 0 aromatic rings. The molecular weight excluding hydrogens is 391 g/mol. The molecule has 0 aliphatic carbocycles. The number of carboxylic acids is 1. The van der Waals surface area contributed by atoms with Crippen LogP contribution in [0.25, 0.3) is 0 Å². The summed E-state index contributed by atoms with van der Waals surface area (Å²) in [7, 11) is 1.73. The van der Waals surface area contributed by atoms with Crippen molar-refractivity contribution in [1.82, 2.24) is 5.09 Å². The number of nitrogens with zero attached hydrogens (tertiary/aromatic N) is 1. The highest BCUT2D eigenvalue weighted by molar-refractivity contribution is 7.50. The number of unbranched alkanes of at least 4 members (excludes halogenated alkanes) is 11. The van der Waals surface area contributed by atoms with Gasteiger partial charge in [0.1, 0.15) is 0 Å². The Bertz CT molecular complexity index is 468. The van der Waals surface area contributed by atoms with Gasteiger partial charge in [-0.3, -0.25) is 9.32 Å². The molecule has 0 saturated heterocycles. The van der Waals surface area contributed by atoms with Gasteiger partial charge in [0, 0.05) is 0 Å². The van der Waals surface area contributed by atoms with E-state index in [-0.39, 0.29) is 13.0 Å². The Morgan fingerprint density at radius 2 is 1.38 bits per heavy atom. The van der Waals surface area contributed by atoms with E-state index in [1.165, 1.54) is 57.8 Å². The summed E-state index contributed by atoms with van der Waals surface area (Å²) in [5.74, 6) is -1.00. The smallest absolute Gasteiger partial charge is 0.403 e. The van der Waals surface area contributed by atoms with Crippen LogP contribution in [0.5, 0.6) is 0 Å². The quantitative estimate of drug-likeness (QED) is 0.142. The summed E-state index contributed by atoms with van der Waals surface area (Å²) < 4.78 is 17.9. The Labute approximate surface area is 178 Å². The maximum Gasteiger partial charge on any atom is 0.403 e. The van der Waals surface area contributed by atoms with E-state index in [0.717, 1.165) is 19.3 Å². The largest absolute Gasteiger partial charge is 0.481 e. The minimum Gasteiger partial charge on any atom is -0.481 e. The molecule has 0 heterocycles. The van der Waals surface area contributed by atoms with Crippen molar-refractivity contribution in [2.24, 2.45) is 0 Å². The van der Waals surface area contributed by atoms with E-state index in [4.69, 9.17) is 9.63 Å². The third-order valence-electron chi connectivity index (χ3n) is 4.80. The monoisotopic (exact) mass is 437 g/mol. The van der Waals surface area contributed by atoms with Crippen molar-refractivity contribution in [3.05, 3.63) is 0 Å². The minimum absolute atomic E-state index is 0.211. The van der Waals surface area contributed by atoms with Crippen LogP contribution in [-0.4, -0.2) is 60.8 Å². The molecule has 0 bridgehead atoms. The molecule has 174 valence electrons. The second kappa shape index (κ2) is 16.3. The van der Waals surface area contributed by atoms with E-state index in [0.29, 0.717) is 11.0 Å². The lowest BCUT2D eigenvalue weighted by Gasteiger charge is -2.29. The summed E-state index contributed by atoms with van der Waals surface area (Å²) >= 11 is 0. The lowest BCUT2D eigenvalue weighted by Crippen LogP contribution is -2.47. The van der Waals surface area contributed by atoms with E-state index in [9.17, 15) is 14.3 Å². The predicted octanol–water partition coefficient (Wildman–Crippen LogP) is 4.94. The number of hydrogen-bond donors (Lipinski definition) is 3. The van der Waals surface area contributed by atoms with Crippen molar-refractivity contribution in [1.29, 1.82) is 0 Å². The fourth-order valence-electron chi connectivity index (χ4n) is 3.42. The minimum atomic E-state index is -4.00. The molecule has 0 amide bonds. The molecule has 1 unspecified atom stereocenters. The van der Waals surface area contributed by atoms with Crippen molar-refractivity contribution in [2.45, 2.75) is 96.4 Å². The third-order valence-corrected chi connectivity index (χ3v) is 6.02. The topological polar surface area (TPSA) is 95.9 Å². The van der Waals surface area contributed by atoms with Gasteiger partial charge in [-0.25, -0.2) is 9.65 Å². The molecule has 3 N–H and O–H groups in total. The van der Waals surface area contributed by atoms with Gasteiger partial charge in [-0.1, -0.05) is 77.6 Å². The van der Waals surface area contributed by atoms with Crippen LogP contribution in [0, 0.1) is 0 Å². The summed E-state index contributed by atoms with van der Waals surface area (Å²) in [5, 5.41) is 11.5. The zero-order valence-electron chi connectivity index (χ0n) is 19.2. The molecule has 8 heteroatoms. The van der Waals surface area contributed by atoms with Gasteiger partial charge in [0.2, 0.25) is 0 Å². The van der Waals surface area contributed by atoms with Crippen LogP contribution in [0.15, 0.2) is 0 Å². The first-order valence-corrected chi connectivity index (χ1v) is 12.9. The van der Waals surface area contributed by atoms with Crippen LogP contribution in [0.3, 0.4) is 0 Å². The number of quaternary nitrogens is 1. The Morgan fingerprint density at radius 3 is 1.79 bits per heavy atom. The SMILES string of the molecule is CCCCCCCCCCCCCCOP(=O)(O)N[C@H](CC(=O)O)C[N+](C)(C)C. The van der Waals surface area contributed by atoms with Crippen molar-refractivity contribution < 1.29 is 28.4 Å². The van der Waals surface area contributed by atoms with Gasteiger partial charge in [-0.15, -0.1) is 0 Å². The highest BCUT2D eigenvalue weighted by Gasteiger charge is 2.29. The molecule has 7 nitrogen and oxygen atoms in total. The fraction of sp³-hybridized carbons (Fsp3) is 0.952. The summed E-state index contributed by atoms with van der Waals surface area (Å²) in [4.78, 5) is 21.0. The summed E-state index contributed by atoms with van der Waals surface area (Å²) in [6.45, 7) is 2.87. The van der Waals surface area contributed by atoms with Gasteiger partial charge in [0.05, 0.1) is 46.8 Å². The zero-order valence-corrected chi connectivity index (χ0v) is 20.1. The molecule has 2 atom stereocenters. The maximum atomic E-state index is 12.2. The lowest BCUT2D eigenvalue weighted by molar-refractivity contribution is -0.871. The Kier molecular flexibility index (Phi) is 16.0. The van der Waals surface area contributed by atoms with E-state index in [2.05, 4.69) is 12.0 Å². The first-order chi connectivity index (χ1) is 13.6. The molecule has 29 heavy (non-hydrogen) atoms. The van der Waals surface area contributed by atoms with Crippen LogP contribution in [0.1, 0.15) is 90.4 Å². The molecule has 0 rings (SSSR count). The Balaban J connectivity index is 3.82. The molecule has 0 saturated carbocycles. The number of likely N-dealkylation sites (N-methyl/N-ethyl adjacent to an activating group) is 1. The Hall–Kier alpha value is -0.460. The Morgan fingerprint density at radius 1 is 0.931 bits per heavy atom. The lowest BCUT2D eigenvalue weighted by atomic mass is 10.1. The van der Waals surface area contributed by atoms with Crippen molar-refractivity contribution in [3.8, 4) is 0 Å². The molecule has 0 aromatic carbocycles. The van der Waals surface area contributed by atoms with Crippen molar-refractivity contribution in [3.63, 3.8) is 0 Å². The first-order valence-electron chi connectivity index (χ1n) is 11.3. The van der Waals surface area contributed by atoms with Gasteiger partial charge >= 0.3 is 13.7 Å².